The molecule has 60 valence electrons. The molecule has 0 atom stereocenters. The molecule has 0 saturated heterocycles. The smallest absolute Gasteiger partial charge is 0.137 e. The van der Waals surface area contributed by atoms with E-state index in [2.05, 4.69) is 5.73 Å². The molecule has 0 aromatic heterocycles. The van der Waals surface area contributed by atoms with Gasteiger partial charge >= 0.3 is 0 Å². The van der Waals surface area contributed by atoms with Crippen LogP contribution in [0.3, 0.4) is 0 Å². The Morgan fingerprint density at radius 1 is 1.09 bits per heavy atom. The molecule has 0 aliphatic heterocycles. The third kappa shape index (κ3) is 1.51. The first kappa shape index (κ1) is 8.07. The average Bonchev–Trinajstić information content (AvgIpc) is 1.85. The van der Waals surface area contributed by atoms with Crippen LogP contribution in [0.4, 0.5) is 13.2 Å². The standard InChI is InChI=1S/C7H6F3N/c8-4-1-6(9)5(3-11)7(10)2-4/h1-2H,3,11H2/p+1. The van der Waals surface area contributed by atoms with Crippen LogP contribution in [0.2, 0.25) is 0 Å². The lowest BCUT2D eigenvalue weighted by Gasteiger charge is -1.98. The van der Waals surface area contributed by atoms with Crippen LogP contribution in [-0.4, -0.2) is 0 Å². The Hall–Kier alpha value is -1.03. The third-order valence-electron chi connectivity index (χ3n) is 1.36. The van der Waals surface area contributed by atoms with Crippen molar-refractivity contribution in [1.29, 1.82) is 0 Å². The van der Waals surface area contributed by atoms with Gasteiger partial charge < -0.3 is 5.73 Å². The summed E-state index contributed by atoms with van der Waals surface area (Å²) in [6.07, 6.45) is 0. The lowest BCUT2D eigenvalue weighted by atomic mass is 10.2. The largest absolute Gasteiger partial charge is 0.354 e. The molecule has 0 heterocycles. The summed E-state index contributed by atoms with van der Waals surface area (Å²) in [6, 6.07) is 1.28. The molecule has 0 aliphatic rings. The van der Waals surface area contributed by atoms with Gasteiger partial charge in [0.05, 0.1) is 5.56 Å². The maximum Gasteiger partial charge on any atom is 0.137 e. The van der Waals surface area contributed by atoms with E-state index in [1.807, 2.05) is 0 Å². The van der Waals surface area contributed by atoms with Crippen molar-refractivity contribution < 1.29 is 18.9 Å². The number of halogens is 3. The van der Waals surface area contributed by atoms with Gasteiger partial charge in [0.2, 0.25) is 0 Å². The monoisotopic (exact) mass is 162 g/mol. The third-order valence-corrected chi connectivity index (χ3v) is 1.36. The van der Waals surface area contributed by atoms with Crippen molar-refractivity contribution in [1.82, 2.24) is 0 Å². The van der Waals surface area contributed by atoms with Crippen LogP contribution in [0.25, 0.3) is 0 Å². The Labute approximate surface area is 61.6 Å². The predicted octanol–water partition coefficient (Wildman–Crippen LogP) is 0.846. The minimum atomic E-state index is -0.905. The lowest BCUT2D eigenvalue weighted by molar-refractivity contribution is -0.387. The molecular formula is C7H7F3N+. The molecule has 0 saturated carbocycles. The molecule has 1 rings (SSSR count). The van der Waals surface area contributed by atoms with E-state index < -0.39 is 17.5 Å². The number of rotatable bonds is 1. The molecule has 1 nitrogen and oxygen atoms in total. The van der Waals surface area contributed by atoms with Gasteiger partial charge in [0, 0.05) is 12.1 Å². The van der Waals surface area contributed by atoms with Crippen molar-refractivity contribution in [3.63, 3.8) is 0 Å². The topological polar surface area (TPSA) is 27.6 Å². The van der Waals surface area contributed by atoms with Crippen LogP contribution in [-0.2, 0) is 6.54 Å². The molecule has 0 spiro atoms. The van der Waals surface area contributed by atoms with Gasteiger partial charge in [-0.05, 0) is 0 Å². The van der Waals surface area contributed by atoms with E-state index in [9.17, 15) is 13.2 Å². The second-order valence-corrected chi connectivity index (χ2v) is 2.10. The number of hydrogen-bond acceptors (Lipinski definition) is 0. The Morgan fingerprint density at radius 2 is 1.55 bits per heavy atom. The van der Waals surface area contributed by atoms with Crippen LogP contribution in [0, 0.1) is 17.5 Å². The summed E-state index contributed by atoms with van der Waals surface area (Å²) in [5.74, 6) is -2.66. The Bertz CT molecular complexity index is 249. The van der Waals surface area contributed by atoms with E-state index in [0.29, 0.717) is 12.1 Å². The van der Waals surface area contributed by atoms with Crippen LogP contribution in [0.1, 0.15) is 5.56 Å². The van der Waals surface area contributed by atoms with E-state index in [4.69, 9.17) is 0 Å². The maximum absolute atomic E-state index is 12.6. The summed E-state index contributed by atoms with van der Waals surface area (Å²) in [5.41, 5.74) is 3.13. The zero-order valence-corrected chi connectivity index (χ0v) is 5.70. The van der Waals surface area contributed by atoms with Gasteiger partial charge in [-0.25, -0.2) is 13.2 Å². The summed E-state index contributed by atoms with van der Waals surface area (Å²) in [6.45, 7) is -0.0159. The minimum Gasteiger partial charge on any atom is -0.354 e. The molecule has 1 aromatic rings. The molecular weight excluding hydrogens is 155 g/mol. The van der Waals surface area contributed by atoms with Crippen LogP contribution < -0.4 is 5.73 Å². The van der Waals surface area contributed by atoms with E-state index in [0.717, 1.165) is 0 Å². The summed E-state index contributed by atoms with van der Waals surface area (Å²) in [4.78, 5) is 0. The van der Waals surface area contributed by atoms with Crippen molar-refractivity contribution >= 4 is 0 Å². The SMILES string of the molecule is [NH3+]Cc1c(F)cc(F)cc1F. The summed E-state index contributed by atoms with van der Waals surface area (Å²) < 4.78 is 37.4. The van der Waals surface area contributed by atoms with Crippen molar-refractivity contribution in [2.75, 3.05) is 0 Å². The number of benzene rings is 1. The lowest BCUT2D eigenvalue weighted by Crippen LogP contribution is -2.48. The molecule has 0 amide bonds. The summed E-state index contributed by atoms with van der Waals surface area (Å²) in [5, 5.41) is 0. The zero-order valence-electron chi connectivity index (χ0n) is 5.70. The van der Waals surface area contributed by atoms with Crippen molar-refractivity contribution in [3.8, 4) is 0 Å². The molecule has 0 fully saturated rings. The van der Waals surface area contributed by atoms with Gasteiger partial charge in [-0.1, -0.05) is 0 Å². The predicted molar refractivity (Wildman–Crippen MR) is 32.9 cm³/mol. The van der Waals surface area contributed by atoms with Crippen molar-refractivity contribution in [3.05, 3.63) is 35.1 Å². The highest BCUT2D eigenvalue weighted by Crippen LogP contribution is 2.12. The first-order valence-corrected chi connectivity index (χ1v) is 3.08. The fourth-order valence-electron chi connectivity index (χ4n) is 0.811. The Morgan fingerprint density at radius 3 is 1.91 bits per heavy atom. The summed E-state index contributed by atoms with van der Waals surface area (Å²) in [7, 11) is 0. The van der Waals surface area contributed by atoms with E-state index >= 15 is 0 Å². The summed E-state index contributed by atoms with van der Waals surface area (Å²) >= 11 is 0. The Balaban J connectivity index is 3.25. The highest BCUT2D eigenvalue weighted by molar-refractivity contribution is 5.19. The second kappa shape index (κ2) is 2.92. The molecule has 11 heavy (non-hydrogen) atoms. The second-order valence-electron chi connectivity index (χ2n) is 2.10. The first-order chi connectivity index (χ1) is 5.15. The van der Waals surface area contributed by atoms with Gasteiger partial charge in [0.15, 0.2) is 0 Å². The number of quaternary nitrogens is 1. The molecule has 1 aromatic carbocycles. The molecule has 0 bridgehead atoms. The highest BCUT2D eigenvalue weighted by Gasteiger charge is 2.10. The van der Waals surface area contributed by atoms with Crippen molar-refractivity contribution in [2.24, 2.45) is 0 Å². The van der Waals surface area contributed by atoms with Gasteiger partial charge in [-0.3, -0.25) is 0 Å². The van der Waals surface area contributed by atoms with Gasteiger partial charge in [-0.2, -0.15) is 0 Å². The van der Waals surface area contributed by atoms with E-state index in [-0.39, 0.29) is 12.1 Å². The normalized spacial score (nSPS) is 10.2. The zero-order chi connectivity index (χ0) is 8.43. The van der Waals surface area contributed by atoms with E-state index in [1.54, 1.807) is 0 Å². The highest BCUT2D eigenvalue weighted by atomic mass is 19.1. The van der Waals surface area contributed by atoms with Gasteiger partial charge in [0.1, 0.15) is 24.0 Å². The van der Waals surface area contributed by atoms with Crippen molar-refractivity contribution in [2.45, 2.75) is 6.54 Å². The Kier molecular flexibility index (Phi) is 2.14. The van der Waals surface area contributed by atoms with Crippen LogP contribution in [0.5, 0.6) is 0 Å². The number of hydrogen-bond donors (Lipinski definition) is 1. The fraction of sp³-hybridized carbons (Fsp3) is 0.143. The molecule has 3 N–H and O–H groups in total. The molecule has 0 aliphatic carbocycles. The quantitative estimate of drug-likeness (QED) is 0.634. The maximum atomic E-state index is 12.6. The molecule has 0 unspecified atom stereocenters. The van der Waals surface area contributed by atoms with Gasteiger partial charge in [0.25, 0.3) is 0 Å². The first-order valence-electron chi connectivity index (χ1n) is 3.08. The fourth-order valence-corrected chi connectivity index (χ4v) is 0.811. The van der Waals surface area contributed by atoms with Crippen LogP contribution in [0.15, 0.2) is 12.1 Å². The van der Waals surface area contributed by atoms with E-state index in [1.165, 1.54) is 0 Å². The minimum absolute atomic E-state index is 0.0159. The van der Waals surface area contributed by atoms with Gasteiger partial charge in [-0.15, -0.1) is 0 Å². The average molecular weight is 162 g/mol. The molecule has 4 heteroatoms. The molecule has 0 radical (unpaired) electrons. The van der Waals surface area contributed by atoms with Crippen LogP contribution >= 0.6 is 0 Å².